The molecule has 20 heavy (non-hydrogen) atoms. The number of anilines is 1. The fraction of sp³-hybridized carbons (Fsp3) is 0.538. The Morgan fingerprint density at radius 3 is 2.45 bits per heavy atom. The van der Waals surface area contributed by atoms with Crippen molar-refractivity contribution in [3.63, 3.8) is 0 Å². The minimum absolute atomic E-state index is 0.321. The van der Waals surface area contributed by atoms with E-state index in [2.05, 4.69) is 27.9 Å². The average molecular weight is 411 g/mol. The predicted molar refractivity (Wildman–Crippen MR) is 87.6 cm³/mol. The van der Waals surface area contributed by atoms with E-state index >= 15 is 0 Å². The molecule has 0 bridgehead atoms. The first kappa shape index (κ1) is 17.2. The zero-order chi connectivity index (χ0) is 15.5. The van der Waals surface area contributed by atoms with Gasteiger partial charge in [0.25, 0.3) is 0 Å². The predicted octanol–water partition coefficient (Wildman–Crippen LogP) is 4.18. The summed E-state index contributed by atoms with van der Waals surface area (Å²) < 4.78 is 11.0. The molecule has 7 heteroatoms. The molecule has 0 radical (unpaired) electrons. The lowest BCUT2D eigenvalue weighted by Gasteiger charge is -2.19. The number of hydrogen-bond acceptors (Lipinski definition) is 5. The molecule has 1 rings (SSSR count). The standard InChI is InChI=1S/C13H18INO4S/c1-6-18-11(16)9-7(2)8(14)10(20-9)15-12(17)19-13(3,4)5/h6H2,1-5H3,(H,15,17). The summed E-state index contributed by atoms with van der Waals surface area (Å²) in [6.07, 6.45) is -0.535. The van der Waals surface area contributed by atoms with Gasteiger partial charge in [-0.15, -0.1) is 11.3 Å². The number of hydrogen-bond donors (Lipinski definition) is 1. The van der Waals surface area contributed by atoms with E-state index in [1.54, 1.807) is 27.7 Å². The SMILES string of the molecule is CCOC(=O)c1sc(NC(=O)OC(C)(C)C)c(I)c1C. The molecule has 0 spiro atoms. The van der Waals surface area contributed by atoms with Crippen LogP contribution in [0, 0.1) is 10.5 Å². The number of carbonyl (C=O) groups excluding carboxylic acids is 2. The Morgan fingerprint density at radius 1 is 1.35 bits per heavy atom. The Hall–Kier alpha value is -0.830. The Kier molecular flexibility index (Phi) is 5.81. The molecule has 0 aliphatic rings. The van der Waals surface area contributed by atoms with E-state index in [-0.39, 0.29) is 5.97 Å². The van der Waals surface area contributed by atoms with Crippen molar-refractivity contribution in [3.8, 4) is 0 Å². The minimum Gasteiger partial charge on any atom is -0.462 e. The van der Waals surface area contributed by atoms with Gasteiger partial charge in [-0.25, -0.2) is 9.59 Å². The van der Waals surface area contributed by atoms with Crippen molar-refractivity contribution in [2.24, 2.45) is 0 Å². The summed E-state index contributed by atoms with van der Waals surface area (Å²) in [6, 6.07) is 0. The third-order valence-electron chi connectivity index (χ3n) is 2.15. The van der Waals surface area contributed by atoms with Crippen molar-refractivity contribution in [2.45, 2.75) is 40.2 Å². The molecule has 0 atom stereocenters. The number of thiophene rings is 1. The number of carbonyl (C=O) groups is 2. The number of nitrogens with one attached hydrogen (secondary N) is 1. The van der Waals surface area contributed by atoms with E-state index in [4.69, 9.17) is 9.47 Å². The van der Waals surface area contributed by atoms with E-state index in [1.807, 2.05) is 6.92 Å². The number of ether oxygens (including phenoxy) is 2. The molecule has 0 aliphatic heterocycles. The number of halogens is 1. The number of rotatable bonds is 3. The minimum atomic E-state index is -0.564. The Bertz CT molecular complexity index is 519. The molecular formula is C13H18INO4S. The fourth-order valence-electron chi connectivity index (χ4n) is 1.36. The van der Waals surface area contributed by atoms with Gasteiger partial charge in [-0.2, -0.15) is 0 Å². The zero-order valence-corrected chi connectivity index (χ0v) is 15.1. The van der Waals surface area contributed by atoms with E-state index < -0.39 is 11.7 Å². The summed E-state index contributed by atoms with van der Waals surface area (Å²) in [7, 11) is 0. The maximum atomic E-state index is 11.8. The molecule has 0 unspecified atom stereocenters. The summed E-state index contributed by atoms with van der Waals surface area (Å²) >= 11 is 3.28. The van der Waals surface area contributed by atoms with Gasteiger partial charge in [0.1, 0.15) is 15.5 Å². The normalized spacial score (nSPS) is 11.1. The molecular weight excluding hydrogens is 393 g/mol. The lowest BCUT2D eigenvalue weighted by molar-refractivity contribution is 0.0530. The molecule has 5 nitrogen and oxygen atoms in total. The van der Waals surface area contributed by atoms with Gasteiger partial charge in [-0.05, 0) is 62.8 Å². The van der Waals surface area contributed by atoms with Gasteiger partial charge in [0.15, 0.2) is 0 Å². The first-order chi connectivity index (χ1) is 9.15. The first-order valence-corrected chi connectivity index (χ1v) is 8.01. The van der Waals surface area contributed by atoms with Crippen LogP contribution in [0.1, 0.15) is 42.9 Å². The van der Waals surface area contributed by atoms with Crippen LogP contribution in [0.5, 0.6) is 0 Å². The zero-order valence-electron chi connectivity index (χ0n) is 12.1. The molecule has 0 fully saturated rings. The molecule has 0 saturated carbocycles. The van der Waals surface area contributed by atoms with Gasteiger partial charge >= 0.3 is 12.1 Å². The second kappa shape index (κ2) is 6.75. The summed E-state index contributed by atoms with van der Waals surface area (Å²) in [4.78, 5) is 24.0. The Labute approximate surface area is 136 Å². The van der Waals surface area contributed by atoms with Crippen LogP contribution >= 0.6 is 33.9 Å². The first-order valence-electron chi connectivity index (χ1n) is 6.11. The summed E-state index contributed by atoms with van der Waals surface area (Å²) in [5.41, 5.74) is 0.242. The largest absolute Gasteiger partial charge is 0.462 e. The lowest BCUT2D eigenvalue weighted by Crippen LogP contribution is -2.27. The third kappa shape index (κ3) is 4.62. The van der Waals surface area contributed by atoms with E-state index in [1.165, 1.54) is 11.3 Å². The van der Waals surface area contributed by atoms with Crippen LogP contribution in [-0.2, 0) is 9.47 Å². The summed E-state index contributed by atoms with van der Waals surface area (Å²) in [5, 5.41) is 3.26. The van der Waals surface area contributed by atoms with Crippen LogP contribution in [0.4, 0.5) is 9.80 Å². The quantitative estimate of drug-likeness (QED) is 0.599. The van der Waals surface area contributed by atoms with Crippen molar-refractivity contribution in [1.82, 2.24) is 0 Å². The van der Waals surface area contributed by atoms with Crippen LogP contribution in [0.25, 0.3) is 0 Å². The van der Waals surface area contributed by atoms with Gasteiger partial charge in [0.2, 0.25) is 0 Å². The van der Waals surface area contributed by atoms with Crippen molar-refractivity contribution in [1.29, 1.82) is 0 Å². The highest BCUT2D eigenvalue weighted by Gasteiger charge is 2.22. The lowest BCUT2D eigenvalue weighted by atomic mass is 10.2. The molecule has 1 heterocycles. The number of esters is 1. The highest BCUT2D eigenvalue weighted by Crippen LogP contribution is 2.34. The maximum Gasteiger partial charge on any atom is 0.412 e. The van der Waals surface area contributed by atoms with Crippen LogP contribution in [0.2, 0.25) is 0 Å². The van der Waals surface area contributed by atoms with Gasteiger partial charge in [0, 0.05) is 0 Å². The van der Waals surface area contributed by atoms with E-state index in [9.17, 15) is 9.59 Å². The Balaban J connectivity index is 2.90. The van der Waals surface area contributed by atoms with Gasteiger partial charge in [-0.1, -0.05) is 0 Å². The summed E-state index contributed by atoms with van der Waals surface area (Å²) in [5.74, 6) is -0.370. The van der Waals surface area contributed by atoms with E-state index in [0.717, 1.165) is 9.13 Å². The molecule has 1 N–H and O–H groups in total. The molecule has 1 amide bonds. The fourth-order valence-corrected chi connectivity index (χ4v) is 3.26. The molecule has 1 aromatic rings. The average Bonchev–Trinajstić information content (AvgIpc) is 2.55. The highest BCUT2D eigenvalue weighted by molar-refractivity contribution is 14.1. The molecule has 112 valence electrons. The maximum absolute atomic E-state index is 11.8. The van der Waals surface area contributed by atoms with Gasteiger partial charge in [0.05, 0.1) is 10.2 Å². The molecule has 1 aromatic heterocycles. The van der Waals surface area contributed by atoms with Crippen LogP contribution in [0.3, 0.4) is 0 Å². The monoisotopic (exact) mass is 411 g/mol. The molecule has 0 saturated heterocycles. The van der Waals surface area contributed by atoms with Crippen LogP contribution < -0.4 is 5.32 Å². The van der Waals surface area contributed by atoms with Gasteiger partial charge < -0.3 is 9.47 Å². The molecule has 0 aliphatic carbocycles. The van der Waals surface area contributed by atoms with E-state index in [0.29, 0.717) is 16.5 Å². The van der Waals surface area contributed by atoms with Crippen molar-refractivity contribution in [3.05, 3.63) is 14.0 Å². The second-order valence-corrected chi connectivity index (χ2v) is 7.15. The van der Waals surface area contributed by atoms with Crippen molar-refractivity contribution < 1.29 is 19.1 Å². The van der Waals surface area contributed by atoms with Gasteiger partial charge in [-0.3, -0.25) is 5.32 Å². The Morgan fingerprint density at radius 2 is 1.95 bits per heavy atom. The third-order valence-corrected chi connectivity index (χ3v) is 5.05. The highest BCUT2D eigenvalue weighted by atomic mass is 127. The van der Waals surface area contributed by atoms with Crippen molar-refractivity contribution in [2.75, 3.05) is 11.9 Å². The summed E-state index contributed by atoms with van der Waals surface area (Å²) in [6.45, 7) is 9.28. The molecule has 0 aromatic carbocycles. The van der Waals surface area contributed by atoms with Crippen molar-refractivity contribution >= 4 is 51.0 Å². The second-order valence-electron chi connectivity index (χ2n) is 5.05. The number of amides is 1. The topological polar surface area (TPSA) is 64.6 Å². The smallest absolute Gasteiger partial charge is 0.412 e. The van der Waals surface area contributed by atoms with Crippen LogP contribution in [-0.4, -0.2) is 24.3 Å². The van der Waals surface area contributed by atoms with Crippen LogP contribution in [0.15, 0.2) is 0 Å².